The van der Waals surface area contributed by atoms with E-state index in [1.807, 2.05) is 24.7 Å². The fourth-order valence-corrected chi connectivity index (χ4v) is 9.82. The first kappa shape index (κ1) is 43.2. The van der Waals surface area contributed by atoms with Crippen LogP contribution >= 0.6 is 0 Å². The van der Waals surface area contributed by atoms with Gasteiger partial charge in [-0.25, -0.2) is 4.68 Å². The number of hydrazine groups is 2. The van der Waals surface area contributed by atoms with Crippen LogP contribution in [0.3, 0.4) is 0 Å². The zero-order chi connectivity index (χ0) is 42.2. The minimum Gasteiger partial charge on any atom is -0.376 e. The second kappa shape index (κ2) is 20.2. The van der Waals surface area contributed by atoms with Gasteiger partial charge in [-0.2, -0.15) is 0 Å². The van der Waals surface area contributed by atoms with Gasteiger partial charge in [-0.3, -0.25) is 14.9 Å². The number of likely N-dealkylation sites (tertiary alicyclic amines) is 1. The molecule has 1 N–H and O–H groups in total. The molecule has 1 spiro atoms. The summed E-state index contributed by atoms with van der Waals surface area (Å²) in [5.41, 5.74) is 15.3. The van der Waals surface area contributed by atoms with Crippen molar-refractivity contribution in [1.29, 1.82) is 0 Å². The fraction of sp³-hybridized carbons (Fsp3) is 0.560. The molecule has 11 heteroatoms. The van der Waals surface area contributed by atoms with Crippen molar-refractivity contribution in [3.8, 4) is 11.3 Å². The predicted molar refractivity (Wildman–Crippen MR) is 248 cm³/mol. The van der Waals surface area contributed by atoms with Gasteiger partial charge in [-0.1, -0.05) is 61.5 Å². The normalized spacial score (nSPS) is 22.4. The summed E-state index contributed by atoms with van der Waals surface area (Å²) < 4.78 is 13.7. The summed E-state index contributed by atoms with van der Waals surface area (Å²) in [5, 5.41) is 13.0. The van der Waals surface area contributed by atoms with Gasteiger partial charge in [0.05, 0.1) is 37.2 Å². The van der Waals surface area contributed by atoms with E-state index in [9.17, 15) is 0 Å². The van der Waals surface area contributed by atoms with E-state index in [-0.39, 0.29) is 6.10 Å². The Hall–Kier alpha value is -4.42. The van der Waals surface area contributed by atoms with E-state index in [4.69, 9.17) is 9.47 Å². The van der Waals surface area contributed by atoms with Gasteiger partial charge < -0.3 is 19.3 Å². The minimum atomic E-state index is 0.285. The van der Waals surface area contributed by atoms with Crippen molar-refractivity contribution >= 4 is 17.1 Å². The Morgan fingerprint density at radius 3 is 1.97 bits per heavy atom. The molecule has 11 nitrogen and oxygen atoms in total. The van der Waals surface area contributed by atoms with Crippen molar-refractivity contribution in [2.45, 2.75) is 111 Å². The van der Waals surface area contributed by atoms with Crippen LogP contribution in [0.25, 0.3) is 17.0 Å². The fourth-order valence-electron chi connectivity index (χ4n) is 9.82. The number of nitrogens with zero attached hydrogens (tertiary/aromatic N) is 8. The monoisotopic (exact) mass is 830 g/mol. The van der Waals surface area contributed by atoms with E-state index in [2.05, 4.69) is 134 Å². The highest BCUT2D eigenvalue weighted by Crippen LogP contribution is 2.43. The Labute approximate surface area is 365 Å². The second-order valence-electron chi connectivity index (χ2n) is 18.1. The first-order chi connectivity index (χ1) is 29.9. The second-order valence-corrected chi connectivity index (χ2v) is 18.1. The summed E-state index contributed by atoms with van der Waals surface area (Å²) in [7, 11) is 2.10. The van der Waals surface area contributed by atoms with E-state index >= 15 is 0 Å². The number of hydrogen-bond acceptors (Lipinski definition) is 10. The molecule has 6 aliphatic heterocycles. The van der Waals surface area contributed by atoms with E-state index in [1.165, 1.54) is 129 Å². The highest BCUT2D eigenvalue weighted by molar-refractivity contribution is 5.70. The van der Waals surface area contributed by atoms with Crippen molar-refractivity contribution < 1.29 is 9.47 Å². The summed E-state index contributed by atoms with van der Waals surface area (Å²) >= 11 is 0. The minimum absolute atomic E-state index is 0.285. The first-order valence-electron chi connectivity index (χ1n) is 23.5. The van der Waals surface area contributed by atoms with Crippen molar-refractivity contribution in [3.63, 3.8) is 0 Å². The molecule has 0 unspecified atom stereocenters. The van der Waals surface area contributed by atoms with E-state index in [0.29, 0.717) is 11.5 Å². The topological polar surface area (TPSA) is 77.4 Å². The lowest BCUT2D eigenvalue weighted by Crippen LogP contribution is -2.60. The molecule has 10 rings (SSSR count). The molecule has 2 atom stereocenters. The average molecular weight is 830 g/mol. The highest BCUT2D eigenvalue weighted by Gasteiger charge is 2.45. The number of hydrogen-bond donors (Lipinski definition) is 1. The molecule has 0 radical (unpaired) electrons. The maximum absolute atomic E-state index is 5.94. The average Bonchev–Trinajstić information content (AvgIpc) is 3.87. The largest absolute Gasteiger partial charge is 0.376 e. The number of benzene rings is 3. The molecule has 0 saturated carbocycles. The molecule has 7 heterocycles. The van der Waals surface area contributed by atoms with Gasteiger partial charge in [0.2, 0.25) is 0 Å². The zero-order valence-electron chi connectivity index (χ0n) is 37.7. The van der Waals surface area contributed by atoms with Crippen LogP contribution in [0.15, 0.2) is 79.1 Å². The maximum atomic E-state index is 5.94. The molecule has 4 aromatic rings. The van der Waals surface area contributed by atoms with Crippen LogP contribution in [0.1, 0.15) is 93.9 Å². The van der Waals surface area contributed by atoms with Gasteiger partial charge in [0.25, 0.3) is 0 Å². The van der Waals surface area contributed by atoms with Crippen LogP contribution < -0.4 is 15.3 Å². The maximum Gasteiger partial charge on any atom is 0.113 e. The molecule has 3 aromatic carbocycles. The van der Waals surface area contributed by atoms with Crippen molar-refractivity contribution in [1.82, 2.24) is 35.4 Å². The number of aryl methyl sites for hydroxylation is 2. The summed E-state index contributed by atoms with van der Waals surface area (Å²) in [5.74, 6) is 0. The van der Waals surface area contributed by atoms with Gasteiger partial charge >= 0.3 is 0 Å². The van der Waals surface area contributed by atoms with Crippen LogP contribution in [-0.4, -0.2) is 108 Å². The summed E-state index contributed by atoms with van der Waals surface area (Å²) in [6, 6.07) is 24.6. The summed E-state index contributed by atoms with van der Waals surface area (Å²) in [4.78, 5) is 7.63. The molecular formula is C50H71N9O2. The molecule has 5 fully saturated rings. The van der Waals surface area contributed by atoms with E-state index in [0.717, 1.165) is 51.4 Å². The number of ether oxygens (including phenoxy) is 2. The van der Waals surface area contributed by atoms with Crippen molar-refractivity contribution in [3.05, 3.63) is 101 Å². The van der Waals surface area contributed by atoms with Gasteiger partial charge in [0.15, 0.2) is 0 Å². The first-order valence-corrected chi connectivity index (χ1v) is 23.5. The number of piperidine rings is 1. The molecule has 328 valence electrons. The molecular weight excluding hydrogens is 759 g/mol. The summed E-state index contributed by atoms with van der Waals surface area (Å²) in [6.07, 6.45) is 16.0. The van der Waals surface area contributed by atoms with Gasteiger partial charge in [-0.05, 0) is 126 Å². The van der Waals surface area contributed by atoms with Crippen LogP contribution in [0.2, 0.25) is 0 Å². The molecule has 5 saturated heterocycles. The van der Waals surface area contributed by atoms with Crippen molar-refractivity contribution in [2.75, 3.05) is 75.9 Å². The Balaban J connectivity index is 0.000000177. The Morgan fingerprint density at radius 1 is 0.721 bits per heavy atom. The summed E-state index contributed by atoms with van der Waals surface area (Å²) in [6.45, 7) is 20.2. The lowest BCUT2D eigenvalue weighted by molar-refractivity contribution is -0.0122. The predicted octanol–water partition coefficient (Wildman–Crippen LogP) is 8.69. The lowest BCUT2D eigenvalue weighted by Gasteiger charge is -2.55. The molecule has 0 aliphatic carbocycles. The lowest BCUT2D eigenvalue weighted by atomic mass is 9.71. The van der Waals surface area contributed by atoms with Gasteiger partial charge in [-0.15, -0.1) is 10.6 Å². The molecule has 61 heavy (non-hydrogen) atoms. The standard InChI is InChI=1S/C30H41N5O.C18H24N4O.C2H6/c1-24-18-26(11-12-28(24)29-21-35(31-32(29)2)20-27-10-6-7-17-36-27)34-22-30(23-34)13-15-33(16-14-30)19-25-8-4-3-5-9-25;1-14-11-15(21-8-4-9-21)6-7-17(14)18-13-22(20-19-18)12-16-5-2-3-10-23-16;1-2/h3-5,8-9,11-12,18,21,27,31H,6-7,10,13-17,19-20,22-23H2,1-2H3;6-7,11,13,16H,2-5,8-10,12H2,1H3;1-2H3/t27-;16-;/m11./s1. The quantitative estimate of drug-likeness (QED) is 0.168. The SMILES string of the molecule is CC.Cc1cc(N2CC3(CCN(Cc4ccccc4)CC3)C2)ccc1C1=CN(C[C@H]2CCCCO2)NN1C.Cc1cc(N2CCC2)ccc1-c1cn(C[C@H]2CCCCO2)nn1. The molecule has 6 aliphatic rings. The Morgan fingerprint density at radius 2 is 1.36 bits per heavy atom. The number of anilines is 2. The zero-order valence-corrected chi connectivity index (χ0v) is 37.7. The molecule has 0 bridgehead atoms. The molecule has 0 amide bonds. The molecule has 1 aromatic heterocycles. The van der Waals surface area contributed by atoms with Crippen LogP contribution in [0.5, 0.6) is 0 Å². The van der Waals surface area contributed by atoms with Crippen molar-refractivity contribution in [2.24, 2.45) is 5.41 Å². The third-order valence-corrected chi connectivity index (χ3v) is 13.6. The third kappa shape index (κ3) is 10.6. The third-order valence-electron chi connectivity index (χ3n) is 13.6. The highest BCUT2D eigenvalue weighted by atomic mass is 16.5. The smallest absolute Gasteiger partial charge is 0.113 e. The van der Waals surface area contributed by atoms with Crippen LogP contribution in [-0.2, 0) is 22.6 Å². The van der Waals surface area contributed by atoms with E-state index in [1.54, 1.807) is 0 Å². The van der Waals surface area contributed by atoms with Gasteiger partial charge in [0, 0.05) is 87.1 Å². The van der Waals surface area contributed by atoms with Crippen LogP contribution in [0.4, 0.5) is 11.4 Å². The Kier molecular flexibility index (Phi) is 14.3. The number of nitrogens with one attached hydrogen (secondary N) is 1. The van der Waals surface area contributed by atoms with Gasteiger partial charge in [0.1, 0.15) is 5.69 Å². The number of rotatable bonds is 10. The van der Waals surface area contributed by atoms with E-state index < -0.39 is 0 Å². The van der Waals surface area contributed by atoms with Crippen LogP contribution in [0, 0.1) is 19.3 Å². The number of aromatic nitrogens is 3. The Bertz CT molecular complexity index is 2020.